The fourth-order valence-corrected chi connectivity index (χ4v) is 23.4. The number of benzene rings is 12. The summed E-state index contributed by atoms with van der Waals surface area (Å²) < 4.78 is 205. The van der Waals surface area contributed by atoms with Crippen LogP contribution in [-0.2, 0) is 60.3 Å². The van der Waals surface area contributed by atoms with Crippen LogP contribution in [0, 0.1) is 101 Å². The Morgan fingerprint density at radius 2 is 0.628 bits per heavy atom. The molecule has 0 saturated heterocycles. The third-order valence-electron chi connectivity index (χ3n) is 31.4. The van der Waals surface area contributed by atoms with Crippen molar-refractivity contribution in [2.75, 3.05) is 0 Å². The third-order valence-corrected chi connectivity index (χ3v) is 31.4. The zero-order chi connectivity index (χ0) is 119. The molecule has 3 radical (unpaired) electrons. The van der Waals surface area contributed by atoms with Gasteiger partial charge in [0.2, 0.25) is 0 Å². The van der Waals surface area contributed by atoms with E-state index in [1.165, 1.54) is 194 Å². The Balaban J connectivity index is 0.000000129. The van der Waals surface area contributed by atoms with Crippen molar-refractivity contribution in [1.82, 2.24) is 29.9 Å². The monoisotopic (exact) mass is 2500 g/mol. The van der Waals surface area contributed by atoms with Crippen molar-refractivity contribution in [3.63, 3.8) is 0 Å². The first-order valence-electron chi connectivity index (χ1n) is 63.3. The van der Waals surface area contributed by atoms with E-state index in [0.29, 0.717) is 68.3 Å². The van der Waals surface area contributed by atoms with E-state index in [2.05, 4.69) is 190 Å². The van der Waals surface area contributed by atoms with Gasteiger partial charge in [-0.05, 0) is 274 Å². The Morgan fingerprint density at radius 1 is 0.264 bits per heavy atom. The minimum Gasteiger partial charge on any atom is -0.500 e. The topological polar surface area (TPSA) is 117 Å². The largest absolute Gasteiger partial charge is 0.500 e. The van der Waals surface area contributed by atoms with Gasteiger partial charge in [0, 0.05) is 163 Å². The average Bonchev–Trinajstić information content (AvgIpc) is 1.50. The molecule has 9 heterocycles. The molecule has 21 aromatic rings. The maximum atomic E-state index is 9.57. The first-order chi connectivity index (χ1) is 80.6. The van der Waals surface area contributed by atoms with Crippen molar-refractivity contribution >= 4 is 98.1 Å². The van der Waals surface area contributed by atoms with Crippen LogP contribution in [0.3, 0.4) is 0 Å². The van der Waals surface area contributed by atoms with Crippen molar-refractivity contribution in [2.45, 2.75) is 239 Å². The van der Waals surface area contributed by atoms with E-state index in [0.717, 1.165) is 171 Å². The first kappa shape index (κ1) is 77.9. The van der Waals surface area contributed by atoms with Crippen molar-refractivity contribution < 1.29 is 106 Å². The smallest absolute Gasteiger partial charge is 0.128 e. The molecule has 6 aliphatic carbocycles. The number of pyridine rings is 6. The summed E-state index contributed by atoms with van der Waals surface area (Å²) in [6.45, 7) is -16.2. The Morgan fingerprint density at radius 3 is 1.01 bits per heavy atom. The minimum atomic E-state index is -2.61. The molecular weight excluding hydrogens is 2340 g/mol. The van der Waals surface area contributed by atoms with Gasteiger partial charge in [0.05, 0.1) is 16.7 Å². The standard InChI is InChI=1S/C33H32NO.2C32H30NO.C14H14N.C13H12N.C12H10N.3Ir/c1-22-21-34-30(20-29(22)24-14-18-33(19-15-24)16-5-2-6-17-33)28-11-7-10-26-27-13-12-23-8-3-4-9-25(23)31(27)35-32(26)28;2*1-4-16-32(17-5-1)18-13-22(14-19-32)24-15-20-33-29(21-24)28-10-6-9-26-27-12-11-23-7-2-3-8-25(23)30(27)34-31(26)28;1-10-4-6-13(7-5-10)14-8-11(2)12(3)9-15-14;1-10-3-6-12(7-4-10)13-8-5-11(2)9-14-13;1-10-7-8-12(13-9-10)11-5-3-2-4-6-11;;;/h3-4,7-10,12-13,20-21,24H,2,5-6,14-19H2,1H3;2*2-3,6-9,11-12,15,20-22H,1,4-5,13-14,16-19H2;4-6,8-9H,1-3H3;3-6,8-9H,1-2H3;2-5,7-9H,1H3;;;/q6*-1;;;/i1D3,24D;2*22D;1D3,2D3,3D3;1D3,2D3;1D3;;;. The van der Waals surface area contributed by atoms with Crippen molar-refractivity contribution in [3.8, 4) is 67.5 Å². The molecule has 0 bridgehead atoms. The molecule has 0 amide bonds. The van der Waals surface area contributed by atoms with Crippen LogP contribution in [0.1, 0.15) is 280 Å². The molecule has 6 fully saturated rings. The number of hydrogen-bond acceptors (Lipinski definition) is 9. The van der Waals surface area contributed by atoms with E-state index < -0.39 is 65.6 Å². The summed E-state index contributed by atoms with van der Waals surface area (Å²) >= 11 is 0. The minimum absolute atomic E-state index is 0. The van der Waals surface area contributed by atoms with Crippen LogP contribution < -0.4 is 0 Å². The van der Waals surface area contributed by atoms with Gasteiger partial charge in [-0.2, -0.15) is 0 Å². The van der Waals surface area contributed by atoms with Crippen LogP contribution in [0.25, 0.3) is 166 Å². The van der Waals surface area contributed by atoms with Crippen molar-refractivity contribution in [3.05, 3.63) is 396 Å². The first-order valence-corrected chi connectivity index (χ1v) is 51.3. The molecule has 0 atom stereocenters. The van der Waals surface area contributed by atoms with Crippen molar-refractivity contribution in [1.29, 1.82) is 0 Å². The van der Waals surface area contributed by atoms with E-state index >= 15 is 0 Å². The fraction of sp³-hybridized carbons (Fsp3) is 0.294. The average molecular weight is 2500 g/mol. The Kier molecular flexibility index (Phi) is 24.7. The third kappa shape index (κ3) is 22.7. The van der Waals surface area contributed by atoms with Crippen LogP contribution in [-0.4, -0.2) is 29.9 Å². The number of nitrogens with zero attached hydrogens (tertiary/aromatic N) is 6. The molecule has 9 aromatic heterocycles. The molecule has 148 heavy (non-hydrogen) atoms. The summed E-state index contributed by atoms with van der Waals surface area (Å²) in [5.74, 6) is -2.00. The Labute approximate surface area is 947 Å². The summed E-state index contributed by atoms with van der Waals surface area (Å²) in [6, 6.07) is 102. The van der Waals surface area contributed by atoms with Crippen molar-refractivity contribution in [2.24, 2.45) is 16.2 Å². The van der Waals surface area contributed by atoms with E-state index in [-0.39, 0.29) is 105 Å². The molecule has 12 heteroatoms. The molecular formula is C136H128Ir3N6O3-6. The van der Waals surface area contributed by atoms with E-state index in [1.54, 1.807) is 30.3 Å². The molecule has 0 unspecified atom stereocenters. The predicted octanol–water partition coefficient (Wildman–Crippen LogP) is 37.4. The van der Waals surface area contributed by atoms with Crippen LogP contribution >= 0.6 is 0 Å². The van der Waals surface area contributed by atoms with Gasteiger partial charge in [0.1, 0.15) is 16.7 Å². The van der Waals surface area contributed by atoms with Crippen LogP contribution in [0.5, 0.6) is 0 Å². The molecule has 0 aliphatic heterocycles. The van der Waals surface area contributed by atoms with Gasteiger partial charge < -0.3 is 43.2 Å². The van der Waals surface area contributed by atoms with Gasteiger partial charge in [-0.25, -0.2) is 0 Å². The molecule has 6 aliphatic rings. The quantitative estimate of drug-likeness (QED) is 0.130. The summed E-state index contributed by atoms with van der Waals surface area (Å²) in [7, 11) is 0. The molecule has 753 valence electrons. The van der Waals surface area contributed by atoms with Gasteiger partial charge in [-0.1, -0.05) is 279 Å². The Bertz CT molecular complexity index is 8940. The SMILES string of the molecule is [2H]C([2H])([2H])c1c[c-]c(-c2cc(C([2H])([2H])[2H])c(C([2H])([2H])[2H])cn2)cc1.[2H]C([2H])([2H])c1c[c-]c(-c2ccc(C([2H])([2H])[2H])cn2)cc1.[2H]C([2H])([2H])c1ccc(-c2[c-]cccc2)nc1.[2H]C([2H])([2H])c1cnc(-c2[c-]ccc3c2oc2c4ccccc4ccc32)cc1C1([2H])CCC2(CCCCC2)CC1.[2H]C1(c2ccnc(-c3[c-]ccc4c3oc3c5ccccc5ccc43)c2)CCC2(CCCCC2)CC1.[2H]C1(c2ccnc(-c3[c-]ccc4c3oc3c5ccccc5ccc43)c2)CCC2(CCCCC2)CC1.[Ir].[Ir].[Ir]. The van der Waals surface area contributed by atoms with Gasteiger partial charge >= 0.3 is 0 Å². The molecule has 0 N–H and O–H groups in total. The molecule has 12 aromatic carbocycles. The molecule has 6 saturated carbocycles. The van der Waals surface area contributed by atoms with E-state index in [4.69, 9.17) is 52.0 Å². The normalized spacial score (nSPS) is 20.9. The number of fused-ring (bicyclic) bond motifs is 15. The Hall–Kier alpha value is -12.3. The second-order valence-corrected chi connectivity index (χ2v) is 40.3. The number of rotatable bonds is 9. The van der Waals surface area contributed by atoms with Crippen LogP contribution in [0.2, 0.25) is 0 Å². The molecule has 27 rings (SSSR count). The maximum Gasteiger partial charge on any atom is 0.128 e. The molecule has 9 nitrogen and oxygen atoms in total. The second-order valence-electron chi connectivity index (χ2n) is 40.3. The van der Waals surface area contributed by atoms with Gasteiger partial charge in [-0.3, -0.25) is 0 Å². The zero-order valence-electron chi connectivity index (χ0n) is 106. The summed E-state index contributed by atoms with van der Waals surface area (Å²) in [4.78, 5) is 26.3. The van der Waals surface area contributed by atoms with E-state index in [1.807, 2.05) is 73.1 Å². The predicted molar refractivity (Wildman–Crippen MR) is 599 cm³/mol. The summed E-state index contributed by atoms with van der Waals surface area (Å²) in [5.41, 5.74) is 17.5. The number of hydrogen-bond donors (Lipinski definition) is 0. The van der Waals surface area contributed by atoms with Gasteiger partial charge in [0.15, 0.2) is 0 Å². The maximum absolute atomic E-state index is 9.57. The number of aromatic nitrogens is 6. The zero-order valence-corrected chi connectivity index (χ0v) is 89.6. The van der Waals surface area contributed by atoms with Gasteiger partial charge in [-0.15, -0.1) is 161 Å². The number of furan rings is 3. The molecule has 3 spiro atoms. The second kappa shape index (κ2) is 46.8. The number of aryl methyl sites for hydroxylation is 7. The van der Waals surface area contributed by atoms with Crippen LogP contribution in [0.15, 0.2) is 317 Å². The van der Waals surface area contributed by atoms with Gasteiger partial charge in [0.25, 0.3) is 0 Å². The fourth-order valence-electron chi connectivity index (χ4n) is 23.4. The summed E-state index contributed by atoms with van der Waals surface area (Å²) in [5, 5.41) is 13.2. The van der Waals surface area contributed by atoms with E-state index in [9.17, 15) is 4.11 Å². The summed E-state index contributed by atoms with van der Waals surface area (Å²) in [6.07, 6.45) is 40.9. The van der Waals surface area contributed by atoms with Crippen LogP contribution in [0.4, 0.5) is 0 Å².